The number of hydrogen-bond donors (Lipinski definition) is 1. The molecule has 9 heavy (non-hydrogen) atoms. The normalized spacial score (nSPS) is 11.0. The van der Waals surface area contributed by atoms with Gasteiger partial charge in [-0.2, -0.15) is 0 Å². The maximum Gasteiger partial charge on any atom is 0.287 e. The van der Waals surface area contributed by atoms with Gasteiger partial charge in [0.1, 0.15) is 7.11 Å². The highest BCUT2D eigenvalue weighted by molar-refractivity contribution is 5.74. The lowest BCUT2D eigenvalue weighted by Crippen LogP contribution is -2.22. The van der Waals surface area contributed by atoms with E-state index in [2.05, 4.69) is 15.8 Å². The Morgan fingerprint density at radius 1 is 2.00 bits per heavy atom. The Morgan fingerprint density at radius 3 is 2.89 bits per heavy atom. The summed E-state index contributed by atoms with van der Waals surface area (Å²) in [6, 6.07) is 0. The van der Waals surface area contributed by atoms with Crippen molar-refractivity contribution >= 4 is 5.91 Å². The lowest BCUT2D eigenvalue weighted by atomic mass is 10.6. The minimum atomic E-state index is -0.745. The molecule has 0 radical (unpaired) electrons. The van der Waals surface area contributed by atoms with E-state index in [1.165, 1.54) is 7.11 Å². The molecule has 0 atom stereocenters. The van der Waals surface area contributed by atoms with E-state index in [0.29, 0.717) is 0 Å². The van der Waals surface area contributed by atoms with Gasteiger partial charge in [0, 0.05) is 0 Å². The molecule has 6 nitrogen and oxygen atoms in total. The van der Waals surface area contributed by atoms with Gasteiger partial charge in [-0.15, -0.1) is 0 Å². The van der Waals surface area contributed by atoms with Crippen molar-refractivity contribution < 1.29 is 14.5 Å². The number of carbonyl (C=O) groups excluding carboxylic acids is 1. The summed E-state index contributed by atoms with van der Waals surface area (Å²) in [4.78, 5) is 14.0. The smallest absolute Gasteiger partial charge is 0.287 e. The SMILES string of the molecule is CO/N=[N+](\[O-])CC(N)=O. The largest absolute Gasteiger partial charge is 0.597 e. The van der Waals surface area contributed by atoms with E-state index in [0.717, 1.165) is 0 Å². The summed E-state index contributed by atoms with van der Waals surface area (Å²) in [5.41, 5.74) is 4.63. The summed E-state index contributed by atoms with van der Waals surface area (Å²) in [6.45, 7) is -0.478. The minimum absolute atomic E-state index is 0.0579. The van der Waals surface area contributed by atoms with Gasteiger partial charge in [-0.1, -0.05) is 0 Å². The first-order chi connectivity index (χ1) is 4.16. The Balaban J connectivity index is 3.62. The van der Waals surface area contributed by atoms with E-state index in [1.807, 2.05) is 0 Å². The fourth-order valence-corrected chi connectivity index (χ4v) is 0.253. The molecule has 0 aliphatic rings. The van der Waals surface area contributed by atoms with Crippen molar-refractivity contribution in [3.63, 3.8) is 0 Å². The molecule has 0 aromatic carbocycles. The zero-order valence-corrected chi connectivity index (χ0v) is 4.90. The maximum atomic E-state index is 10.2. The molecule has 0 fully saturated rings. The van der Waals surface area contributed by atoms with Crippen LogP contribution in [0.4, 0.5) is 0 Å². The molecule has 0 rings (SSSR count). The Bertz CT molecular complexity index is 132. The van der Waals surface area contributed by atoms with Gasteiger partial charge in [0.15, 0.2) is 5.28 Å². The van der Waals surface area contributed by atoms with E-state index < -0.39 is 12.5 Å². The summed E-state index contributed by atoms with van der Waals surface area (Å²) in [7, 11) is 1.20. The van der Waals surface area contributed by atoms with Crippen molar-refractivity contribution in [3.8, 4) is 0 Å². The Morgan fingerprint density at radius 2 is 2.56 bits per heavy atom. The summed E-state index contributed by atoms with van der Waals surface area (Å²) < 4.78 is 0. The molecule has 2 N–H and O–H groups in total. The van der Waals surface area contributed by atoms with E-state index in [1.54, 1.807) is 0 Å². The minimum Gasteiger partial charge on any atom is -0.597 e. The number of hydroxylamine groups is 1. The molecule has 0 aliphatic carbocycles. The Kier molecular flexibility index (Phi) is 3.11. The topological polar surface area (TPSA) is 90.8 Å². The van der Waals surface area contributed by atoms with Gasteiger partial charge in [-0.05, 0) is 4.86 Å². The molecular weight excluding hydrogens is 126 g/mol. The van der Waals surface area contributed by atoms with Crippen LogP contribution in [0.25, 0.3) is 0 Å². The number of nitrogens with two attached hydrogens (primary N) is 1. The second-order valence-electron chi connectivity index (χ2n) is 1.24. The van der Waals surface area contributed by atoms with Crippen molar-refractivity contribution in [2.75, 3.05) is 13.7 Å². The fourth-order valence-electron chi connectivity index (χ4n) is 0.253. The lowest BCUT2D eigenvalue weighted by Gasteiger charge is -1.93. The number of hydrogen-bond acceptors (Lipinski definition) is 4. The molecular formula is C3H7N3O3. The molecule has 0 bridgehead atoms. The van der Waals surface area contributed by atoms with Crippen LogP contribution in [0.2, 0.25) is 0 Å². The van der Waals surface area contributed by atoms with Crippen LogP contribution >= 0.6 is 0 Å². The summed E-state index contributed by atoms with van der Waals surface area (Å²) in [5, 5.41) is 13.0. The molecule has 0 saturated heterocycles. The third-order valence-corrected chi connectivity index (χ3v) is 0.464. The molecule has 0 aliphatic heterocycles. The van der Waals surface area contributed by atoms with Crippen molar-refractivity contribution in [2.24, 2.45) is 11.0 Å². The predicted molar refractivity (Wildman–Crippen MR) is 27.1 cm³/mol. The maximum absolute atomic E-state index is 10.2. The number of primary amides is 1. The van der Waals surface area contributed by atoms with Gasteiger partial charge in [-0.25, -0.2) is 0 Å². The molecule has 0 spiro atoms. The zero-order valence-electron chi connectivity index (χ0n) is 4.90. The van der Waals surface area contributed by atoms with Crippen LogP contribution in [0.3, 0.4) is 0 Å². The first-order valence-corrected chi connectivity index (χ1v) is 2.14. The average Bonchev–Trinajstić information content (AvgIpc) is 1.63. The quantitative estimate of drug-likeness (QED) is 0.304. The first kappa shape index (κ1) is 7.67. The Hall–Kier alpha value is -1.33. The average molecular weight is 133 g/mol. The number of rotatable bonds is 3. The van der Waals surface area contributed by atoms with Crippen molar-refractivity contribution in [3.05, 3.63) is 5.21 Å². The molecule has 0 heterocycles. The molecule has 0 saturated carbocycles. The van der Waals surface area contributed by atoms with Crippen LogP contribution < -0.4 is 5.73 Å². The summed E-state index contributed by atoms with van der Waals surface area (Å²) in [5.74, 6) is -0.745. The van der Waals surface area contributed by atoms with Crippen LogP contribution in [0.1, 0.15) is 0 Å². The standard InChI is InChI=1S/C3H7N3O3/c1-9-5-6(8)2-3(4)7/h2H2,1H3,(H2,4,7)/b6-5-. The summed E-state index contributed by atoms with van der Waals surface area (Å²) in [6.07, 6.45) is 0. The molecule has 0 aromatic rings. The lowest BCUT2D eigenvalue weighted by molar-refractivity contribution is -0.546. The predicted octanol–water partition coefficient (Wildman–Crippen LogP) is -1.00. The summed E-state index contributed by atoms with van der Waals surface area (Å²) >= 11 is 0. The van der Waals surface area contributed by atoms with Gasteiger partial charge >= 0.3 is 0 Å². The number of nitrogens with zero attached hydrogens (tertiary/aromatic N) is 2. The van der Waals surface area contributed by atoms with Gasteiger partial charge < -0.3 is 15.8 Å². The van der Waals surface area contributed by atoms with Crippen LogP contribution in [0, 0.1) is 5.21 Å². The number of amides is 1. The van der Waals surface area contributed by atoms with Crippen LogP contribution in [0.5, 0.6) is 0 Å². The van der Waals surface area contributed by atoms with E-state index in [4.69, 9.17) is 0 Å². The number of carbonyl (C=O) groups is 1. The highest BCUT2D eigenvalue weighted by Gasteiger charge is 2.00. The van der Waals surface area contributed by atoms with E-state index in [-0.39, 0.29) is 4.86 Å². The monoisotopic (exact) mass is 133 g/mol. The highest BCUT2D eigenvalue weighted by atomic mass is 16.7. The second-order valence-corrected chi connectivity index (χ2v) is 1.24. The van der Waals surface area contributed by atoms with Crippen molar-refractivity contribution in [1.29, 1.82) is 0 Å². The third kappa shape index (κ3) is 4.52. The Labute approximate surface area is 51.4 Å². The van der Waals surface area contributed by atoms with Crippen molar-refractivity contribution in [1.82, 2.24) is 0 Å². The van der Waals surface area contributed by atoms with E-state index >= 15 is 0 Å². The molecule has 1 amide bonds. The van der Waals surface area contributed by atoms with Gasteiger partial charge in [0.2, 0.25) is 0 Å². The van der Waals surface area contributed by atoms with E-state index in [9.17, 15) is 10.0 Å². The second kappa shape index (κ2) is 3.65. The molecule has 0 unspecified atom stereocenters. The van der Waals surface area contributed by atoms with Gasteiger partial charge in [0.25, 0.3) is 12.5 Å². The van der Waals surface area contributed by atoms with Crippen LogP contribution in [-0.2, 0) is 9.63 Å². The van der Waals surface area contributed by atoms with Gasteiger partial charge in [-0.3, -0.25) is 4.79 Å². The highest BCUT2D eigenvalue weighted by Crippen LogP contribution is 1.73. The fraction of sp³-hybridized carbons (Fsp3) is 0.667. The van der Waals surface area contributed by atoms with Gasteiger partial charge in [0.05, 0.1) is 0 Å². The molecule has 6 heteroatoms. The molecule has 0 aromatic heterocycles. The molecule has 52 valence electrons. The van der Waals surface area contributed by atoms with Crippen molar-refractivity contribution in [2.45, 2.75) is 0 Å². The third-order valence-electron chi connectivity index (χ3n) is 0.464. The van der Waals surface area contributed by atoms with Crippen LogP contribution in [0.15, 0.2) is 5.28 Å². The first-order valence-electron chi connectivity index (χ1n) is 2.14. The van der Waals surface area contributed by atoms with Crippen LogP contribution in [-0.4, -0.2) is 24.4 Å². The zero-order chi connectivity index (χ0) is 7.28.